The van der Waals surface area contributed by atoms with E-state index >= 15 is 0 Å². The van der Waals surface area contributed by atoms with E-state index < -0.39 is 0 Å². The molecule has 0 atom stereocenters. The highest BCUT2D eigenvalue weighted by Crippen LogP contribution is 2.29. The maximum Gasteiger partial charge on any atom is 0.243 e. The number of aromatic nitrogens is 2. The lowest BCUT2D eigenvalue weighted by Crippen LogP contribution is -2.03. The largest absolute Gasteiger partial charge is 0.437 e. The molecule has 0 fully saturated rings. The number of aliphatic hydroxyl groups is 1. The lowest BCUT2D eigenvalue weighted by Gasteiger charge is -2.10. The molecule has 0 spiro atoms. The van der Waals surface area contributed by atoms with Gasteiger partial charge in [0.25, 0.3) is 0 Å². The third-order valence-electron chi connectivity index (χ3n) is 2.40. The predicted molar refractivity (Wildman–Crippen MR) is 73.6 cm³/mol. The second-order valence-corrected chi connectivity index (χ2v) is 4.15. The molecule has 0 bridgehead atoms. The van der Waals surface area contributed by atoms with Crippen LogP contribution in [0.4, 0.5) is 5.95 Å². The van der Waals surface area contributed by atoms with Gasteiger partial charge in [-0.1, -0.05) is 29.8 Å². The van der Waals surface area contributed by atoms with Gasteiger partial charge in [-0.3, -0.25) is 0 Å². The Labute approximate surface area is 116 Å². The molecule has 2 rings (SSSR count). The Morgan fingerprint density at radius 2 is 2.16 bits per heavy atom. The molecule has 6 heteroatoms. The molecule has 0 aliphatic rings. The normalized spacial score (nSPS) is 10.3. The van der Waals surface area contributed by atoms with Gasteiger partial charge in [0.2, 0.25) is 11.8 Å². The molecule has 0 radical (unpaired) electrons. The first kappa shape index (κ1) is 13.6. The van der Waals surface area contributed by atoms with E-state index in [9.17, 15) is 5.11 Å². The number of rotatable bonds is 5. The molecule has 19 heavy (non-hydrogen) atoms. The maximum atomic E-state index is 9.25. The first-order valence-corrected chi connectivity index (χ1v) is 6.25. The minimum atomic E-state index is -0.112. The zero-order valence-corrected chi connectivity index (χ0v) is 11.2. The van der Waals surface area contributed by atoms with Crippen molar-refractivity contribution in [3.63, 3.8) is 0 Å². The Bertz CT molecular complexity index is 563. The summed E-state index contributed by atoms with van der Waals surface area (Å²) in [5, 5.41) is 12.5. The van der Waals surface area contributed by atoms with Crippen LogP contribution in [0, 0.1) is 0 Å². The molecule has 2 aromatic rings. The highest BCUT2D eigenvalue weighted by atomic mass is 35.5. The number of ether oxygens (including phenoxy) is 1. The summed E-state index contributed by atoms with van der Waals surface area (Å²) in [7, 11) is 0. The van der Waals surface area contributed by atoms with Crippen molar-refractivity contribution in [1.82, 2.24) is 9.97 Å². The van der Waals surface area contributed by atoms with Crippen LogP contribution < -0.4 is 10.1 Å². The zero-order chi connectivity index (χ0) is 13.7. The van der Waals surface area contributed by atoms with Gasteiger partial charge in [-0.25, -0.2) is 4.98 Å². The summed E-state index contributed by atoms with van der Waals surface area (Å²) in [6, 6.07) is 7.16. The van der Waals surface area contributed by atoms with Crippen molar-refractivity contribution in [1.29, 1.82) is 0 Å². The van der Waals surface area contributed by atoms with Crippen molar-refractivity contribution in [2.75, 3.05) is 11.9 Å². The highest BCUT2D eigenvalue weighted by molar-refractivity contribution is 6.31. The number of halogens is 1. The van der Waals surface area contributed by atoms with Crippen molar-refractivity contribution < 1.29 is 9.84 Å². The number of nitrogens with zero attached hydrogens (tertiary/aromatic N) is 2. The van der Waals surface area contributed by atoms with Gasteiger partial charge in [-0.2, -0.15) is 4.98 Å². The summed E-state index contributed by atoms with van der Waals surface area (Å²) >= 11 is 6.00. The Kier molecular flexibility index (Phi) is 4.54. The van der Waals surface area contributed by atoms with Gasteiger partial charge in [0, 0.05) is 12.1 Å². The number of anilines is 1. The molecular formula is C13H14ClN3O2. The third-order valence-corrected chi connectivity index (χ3v) is 2.66. The van der Waals surface area contributed by atoms with Crippen LogP contribution in [0.3, 0.4) is 0 Å². The second-order valence-electron chi connectivity index (χ2n) is 3.74. The van der Waals surface area contributed by atoms with E-state index in [-0.39, 0.29) is 12.5 Å². The summed E-state index contributed by atoms with van der Waals surface area (Å²) in [5.41, 5.74) is 0.669. The summed E-state index contributed by atoms with van der Waals surface area (Å²) < 4.78 is 5.64. The fourth-order valence-electron chi connectivity index (χ4n) is 1.50. The second kappa shape index (κ2) is 6.36. The average molecular weight is 280 g/mol. The maximum absolute atomic E-state index is 9.25. The summed E-state index contributed by atoms with van der Waals surface area (Å²) in [5.74, 6) is 1.23. The van der Waals surface area contributed by atoms with Crippen molar-refractivity contribution in [3.8, 4) is 11.6 Å². The van der Waals surface area contributed by atoms with Crippen LogP contribution in [0.1, 0.15) is 12.5 Å². The summed E-state index contributed by atoms with van der Waals surface area (Å²) in [4.78, 5) is 8.20. The Morgan fingerprint density at radius 1 is 1.37 bits per heavy atom. The van der Waals surface area contributed by atoms with Crippen LogP contribution in [0.2, 0.25) is 5.02 Å². The molecular weight excluding hydrogens is 266 g/mol. The molecule has 1 heterocycles. The Morgan fingerprint density at radius 3 is 2.89 bits per heavy atom. The van der Waals surface area contributed by atoms with Crippen molar-refractivity contribution in [2.45, 2.75) is 13.5 Å². The molecule has 0 unspecified atom stereocenters. The average Bonchev–Trinajstić information content (AvgIpc) is 2.43. The monoisotopic (exact) mass is 279 g/mol. The van der Waals surface area contributed by atoms with Crippen LogP contribution >= 0.6 is 11.6 Å². The molecule has 100 valence electrons. The lowest BCUT2D eigenvalue weighted by atomic mass is 10.2. The molecule has 0 amide bonds. The molecule has 1 aromatic heterocycles. The number of hydrogen-bond acceptors (Lipinski definition) is 5. The number of aliphatic hydroxyl groups excluding tert-OH is 1. The molecule has 0 aliphatic carbocycles. The van der Waals surface area contributed by atoms with Gasteiger partial charge in [-0.15, -0.1) is 0 Å². The standard InChI is InChI=1S/C13H14ClN3O2/c1-2-15-13-16-7-10(14)12(17-13)19-11-6-4-3-5-9(11)8-18/h3-7,18H,2,8H2,1H3,(H,15,16,17). The van der Waals surface area contributed by atoms with Crippen LogP contribution in [-0.2, 0) is 6.61 Å². The molecule has 2 N–H and O–H groups in total. The Balaban J connectivity index is 2.29. The third kappa shape index (κ3) is 3.33. The number of benzene rings is 1. The molecule has 5 nitrogen and oxygen atoms in total. The van der Waals surface area contributed by atoms with Crippen LogP contribution in [0.15, 0.2) is 30.5 Å². The minimum Gasteiger partial charge on any atom is -0.437 e. The molecule has 0 aliphatic heterocycles. The molecule has 1 aromatic carbocycles. The van der Waals surface area contributed by atoms with Crippen LogP contribution in [0.5, 0.6) is 11.6 Å². The van der Waals surface area contributed by atoms with Gasteiger partial charge < -0.3 is 15.2 Å². The van der Waals surface area contributed by atoms with Crippen LogP contribution in [0.25, 0.3) is 0 Å². The van der Waals surface area contributed by atoms with E-state index in [2.05, 4.69) is 15.3 Å². The van der Waals surface area contributed by atoms with Gasteiger partial charge in [0.05, 0.1) is 12.8 Å². The van der Waals surface area contributed by atoms with Gasteiger partial charge in [0.15, 0.2) is 0 Å². The van der Waals surface area contributed by atoms with Gasteiger partial charge in [-0.05, 0) is 13.0 Å². The smallest absolute Gasteiger partial charge is 0.243 e. The molecule has 0 saturated heterocycles. The fraction of sp³-hybridized carbons (Fsp3) is 0.231. The molecule has 0 saturated carbocycles. The van der Waals surface area contributed by atoms with E-state index in [1.807, 2.05) is 19.1 Å². The van der Waals surface area contributed by atoms with E-state index in [0.29, 0.717) is 28.8 Å². The van der Waals surface area contributed by atoms with Gasteiger partial charge >= 0.3 is 0 Å². The summed E-state index contributed by atoms with van der Waals surface area (Å²) in [6.45, 7) is 2.53. The van der Waals surface area contributed by atoms with Crippen molar-refractivity contribution in [3.05, 3.63) is 41.0 Å². The number of para-hydroxylation sites is 1. The van der Waals surface area contributed by atoms with E-state index in [1.165, 1.54) is 6.20 Å². The van der Waals surface area contributed by atoms with Gasteiger partial charge in [0.1, 0.15) is 10.8 Å². The Hall–Kier alpha value is -1.85. The van der Waals surface area contributed by atoms with E-state index in [1.54, 1.807) is 12.1 Å². The lowest BCUT2D eigenvalue weighted by molar-refractivity contribution is 0.276. The fourth-order valence-corrected chi connectivity index (χ4v) is 1.63. The SMILES string of the molecule is CCNc1ncc(Cl)c(Oc2ccccc2CO)n1. The van der Waals surface area contributed by atoms with Crippen LogP contribution in [-0.4, -0.2) is 21.6 Å². The minimum absolute atomic E-state index is 0.112. The number of hydrogen-bond donors (Lipinski definition) is 2. The van der Waals surface area contributed by atoms with Crippen molar-refractivity contribution in [2.24, 2.45) is 0 Å². The first-order chi connectivity index (χ1) is 9.24. The highest BCUT2D eigenvalue weighted by Gasteiger charge is 2.10. The zero-order valence-electron chi connectivity index (χ0n) is 10.4. The summed E-state index contributed by atoms with van der Waals surface area (Å²) in [6.07, 6.45) is 1.48. The topological polar surface area (TPSA) is 67.3 Å². The quantitative estimate of drug-likeness (QED) is 0.881. The first-order valence-electron chi connectivity index (χ1n) is 5.87. The van der Waals surface area contributed by atoms with E-state index in [0.717, 1.165) is 0 Å². The number of nitrogens with one attached hydrogen (secondary N) is 1. The van der Waals surface area contributed by atoms with E-state index in [4.69, 9.17) is 16.3 Å². The predicted octanol–water partition coefficient (Wildman–Crippen LogP) is 2.85. The van der Waals surface area contributed by atoms with Crippen molar-refractivity contribution >= 4 is 17.5 Å².